The summed E-state index contributed by atoms with van der Waals surface area (Å²) in [6.45, 7) is -0.583. The number of likely N-dealkylation sites (tertiary alicyclic amines) is 1. The van der Waals surface area contributed by atoms with Crippen LogP contribution in [0.4, 0.5) is 0 Å². The summed E-state index contributed by atoms with van der Waals surface area (Å²) in [5, 5.41) is 24.0. The number of benzene rings is 1. The third-order valence-electron chi connectivity index (χ3n) is 5.94. The van der Waals surface area contributed by atoms with Crippen LogP contribution in [-0.4, -0.2) is 92.5 Å². The number of aromatic nitrogens is 1. The number of nitrogens with one attached hydrogen (secondary N) is 3. The molecule has 3 rings (SSSR count). The molecule has 1 aliphatic heterocycles. The highest BCUT2D eigenvalue weighted by Gasteiger charge is 2.38. The standard InChI is InChI=1S/C23H29N5O7S/c24-22(34)17(7-13-9-25-16-4-2-1-3-15(13)16)27-23(35)18-8-14(26-19(30)10-29)5-6-28(18)20(31)11-36-12-21(32)33/h1-4,9,14,17-18,25,29H,5-8,10-12H2,(H2,24,34)(H,26,30)(H,27,35)(H,32,33). The minimum Gasteiger partial charge on any atom is -0.481 e. The van der Waals surface area contributed by atoms with Gasteiger partial charge in [-0.2, -0.15) is 0 Å². The molecule has 194 valence electrons. The van der Waals surface area contributed by atoms with E-state index in [9.17, 15) is 24.0 Å². The Labute approximate surface area is 211 Å². The van der Waals surface area contributed by atoms with Crippen molar-refractivity contribution in [1.82, 2.24) is 20.5 Å². The first-order chi connectivity index (χ1) is 17.2. The van der Waals surface area contributed by atoms with Gasteiger partial charge in [0.05, 0.1) is 11.5 Å². The van der Waals surface area contributed by atoms with Gasteiger partial charge in [0.25, 0.3) is 0 Å². The summed E-state index contributed by atoms with van der Waals surface area (Å²) in [4.78, 5) is 65.2. The summed E-state index contributed by atoms with van der Waals surface area (Å²) in [5.41, 5.74) is 7.24. The number of carboxylic acid groups (broad SMARTS) is 1. The Balaban J connectivity index is 1.75. The smallest absolute Gasteiger partial charge is 0.313 e. The molecule has 0 bridgehead atoms. The molecule has 1 fully saturated rings. The predicted octanol–water partition coefficient (Wildman–Crippen LogP) is -1.03. The molecular formula is C23H29N5O7S. The molecule has 36 heavy (non-hydrogen) atoms. The molecule has 1 saturated heterocycles. The number of nitrogens with zero attached hydrogens (tertiary/aromatic N) is 1. The van der Waals surface area contributed by atoms with Gasteiger partial charge in [0.1, 0.15) is 18.7 Å². The number of thioether (sulfide) groups is 1. The molecule has 1 aromatic carbocycles. The fourth-order valence-corrected chi connectivity index (χ4v) is 4.85. The summed E-state index contributed by atoms with van der Waals surface area (Å²) in [7, 11) is 0. The number of piperidine rings is 1. The van der Waals surface area contributed by atoms with E-state index >= 15 is 0 Å². The van der Waals surface area contributed by atoms with Crippen LogP contribution in [0.2, 0.25) is 0 Å². The maximum atomic E-state index is 13.3. The number of fused-ring (bicyclic) bond motifs is 1. The minimum atomic E-state index is -1.06. The predicted molar refractivity (Wildman–Crippen MR) is 132 cm³/mol. The molecule has 2 aromatic rings. The number of H-pyrrole nitrogens is 1. The molecule has 13 heteroatoms. The van der Waals surface area contributed by atoms with Gasteiger partial charge < -0.3 is 36.5 Å². The van der Waals surface area contributed by atoms with E-state index in [0.29, 0.717) is 6.42 Å². The van der Waals surface area contributed by atoms with Crippen molar-refractivity contribution in [3.63, 3.8) is 0 Å². The van der Waals surface area contributed by atoms with E-state index in [1.807, 2.05) is 24.3 Å². The number of rotatable bonds is 11. The van der Waals surface area contributed by atoms with Crippen LogP contribution < -0.4 is 16.4 Å². The number of aromatic amines is 1. The van der Waals surface area contributed by atoms with Crippen LogP contribution in [0.5, 0.6) is 0 Å². The number of carbonyl (C=O) groups is 5. The summed E-state index contributed by atoms with van der Waals surface area (Å²) in [6.07, 6.45) is 2.28. The molecule has 0 radical (unpaired) electrons. The van der Waals surface area contributed by atoms with Crippen molar-refractivity contribution in [2.45, 2.75) is 37.4 Å². The molecule has 1 aromatic heterocycles. The van der Waals surface area contributed by atoms with Crippen LogP contribution in [0.3, 0.4) is 0 Å². The molecule has 0 saturated carbocycles. The maximum Gasteiger partial charge on any atom is 0.313 e. The third kappa shape index (κ3) is 6.98. The Morgan fingerprint density at radius 3 is 2.64 bits per heavy atom. The SMILES string of the molecule is NC(=O)C(Cc1c[nH]c2ccccc12)NC(=O)C1CC(NC(=O)CO)CCN1C(=O)CSCC(=O)O. The normalized spacial score (nSPS) is 18.4. The van der Waals surface area contributed by atoms with Crippen molar-refractivity contribution in [3.8, 4) is 0 Å². The van der Waals surface area contributed by atoms with Crippen molar-refractivity contribution in [2.24, 2.45) is 5.73 Å². The van der Waals surface area contributed by atoms with Crippen molar-refractivity contribution in [3.05, 3.63) is 36.0 Å². The van der Waals surface area contributed by atoms with Crippen molar-refractivity contribution < 1.29 is 34.2 Å². The average Bonchev–Trinajstić information content (AvgIpc) is 3.25. The number of hydrogen-bond acceptors (Lipinski definition) is 7. The maximum absolute atomic E-state index is 13.3. The van der Waals surface area contributed by atoms with Crippen molar-refractivity contribution >= 4 is 52.3 Å². The molecule has 0 spiro atoms. The fraction of sp³-hybridized carbons (Fsp3) is 0.435. The number of para-hydroxylation sites is 1. The van der Waals surface area contributed by atoms with E-state index in [0.717, 1.165) is 28.2 Å². The fourth-order valence-electron chi connectivity index (χ4n) is 4.24. The summed E-state index contributed by atoms with van der Waals surface area (Å²) >= 11 is 0.912. The largest absolute Gasteiger partial charge is 0.481 e. The zero-order valence-corrected chi connectivity index (χ0v) is 20.3. The first-order valence-corrected chi connectivity index (χ1v) is 12.5. The second-order valence-electron chi connectivity index (χ2n) is 8.46. The number of aliphatic carboxylic acids is 1. The Morgan fingerprint density at radius 1 is 1.19 bits per heavy atom. The van der Waals surface area contributed by atoms with Gasteiger partial charge in [-0.05, 0) is 24.5 Å². The van der Waals surface area contributed by atoms with Gasteiger partial charge in [-0.3, -0.25) is 24.0 Å². The lowest BCUT2D eigenvalue weighted by Gasteiger charge is -2.39. The molecule has 4 amide bonds. The highest BCUT2D eigenvalue weighted by atomic mass is 32.2. The molecule has 12 nitrogen and oxygen atoms in total. The van der Waals surface area contributed by atoms with Gasteiger partial charge in [0.15, 0.2) is 0 Å². The van der Waals surface area contributed by atoms with Crippen molar-refractivity contribution in [2.75, 3.05) is 24.7 Å². The van der Waals surface area contributed by atoms with E-state index in [1.165, 1.54) is 4.90 Å². The van der Waals surface area contributed by atoms with Gasteiger partial charge in [0.2, 0.25) is 23.6 Å². The Morgan fingerprint density at radius 2 is 1.94 bits per heavy atom. The van der Waals surface area contributed by atoms with Crippen LogP contribution in [0.1, 0.15) is 18.4 Å². The van der Waals surface area contributed by atoms with Crippen LogP contribution in [-0.2, 0) is 30.4 Å². The Kier molecular flexibility index (Phi) is 9.31. The Bertz CT molecular complexity index is 1140. The molecule has 3 atom stereocenters. The first-order valence-electron chi connectivity index (χ1n) is 11.3. The van der Waals surface area contributed by atoms with Crippen molar-refractivity contribution in [1.29, 1.82) is 0 Å². The van der Waals surface area contributed by atoms with E-state index in [1.54, 1.807) is 6.20 Å². The van der Waals surface area contributed by atoms with E-state index in [4.69, 9.17) is 15.9 Å². The van der Waals surface area contributed by atoms with Gasteiger partial charge in [0, 0.05) is 36.1 Å². The summed E-state index contributed by atoms with van der Waals surface area (Å²) in [5.74, 6) is -3.86. The number of hydrogen-bond donors (Lipinski definition) is 6. The van der Waals surface area contributed by atoms with Gasteiger partial charge in [-0.25, -0.2) is 0 Å². The highest BCUT2D eigenvalue weighted by Crippen LogP contribution is 2.22. The van der Waals surface area contributed by atoms with E-state index in [-0.39, 0.29) is 30.9 Å². The molecule has 1 aliphatic rings. The lowest BCUT2D eigenvalue weighted by Crippen LogP contribution is -2.60. The highest BCUT2D eigenvalue weighted by molar-refractivity contribution is 8.00. The molecule has 3 unspecified atom stereocenters. The topological polar surface area (TPSA) is 195 Å². The van der Waals surface area contributed by atoms with Crippen LogP contribution in [0, 0.1) is 0 Å². The number of aliphatic hydroxyl groups excluding tert-OH is 1. The zero-order chi connectivity index (χ0) is 26.2. The van der Waals surface area contributed by atoms with Crippen LogP contribution >= 0.6 is 11.8 Å². The second-order valence-corrected chi connectivity index (χ2v) is 9.45. The molecule has 2 heterocycles. The lowest BCUT2D eigenvalue weighted by molar-refractivity contribution is -0.142. The van der Waals surface area contributed by atoms with E-state index < -0.39 is 54.3 Å². The second kappa shape index (κ2) is 12.4. The van der Waals surface area contributed by atoms with E-state index in [2.05, 4.69) is 15.6 Å². The Hall–Kier alpha value is -3.58. The quantitative estimate of drug-likeness (QED) is 0.217. The molecule has 0 aliphatic carbocycles. The summed E-state index contributed by atoms with van der Waals surface area (Å²) in [6, 6.07) is 4.93. The van der Waals surface area contributed by atoms with Gasteiger partial charge in [-0.1, -0.05) is 18.2 Å². The zero-order valence-electron chi connectivity index (χ0n) is 19.4. The number of amides is 4. The summed E-state index contributed by atoms with van der Waals surface area (Å²) < 4.78 is 0. The number of carbonyl (C=O) groups excluding carboxylic acids is 4. The van der Waals surface area contributed by atoms with Gasteiger partial charge >= 0.3 is 5.97 Å². The van der Waals surface area contributed by atoms with Gasteiger partial charge in [-0.15, -0.1) is 11.8 Å². The number of aliphatic hydroxyl groups is 1. The number of carboxylic acids is 1. The minimum absolute atomic E-state index is 0.0610. The van der Waals surface area contributed by atoms with Crippen LogP contribution in [0.25, 0.3) is 10.9 Å². The third-order valence-corrected chi connectivity index (χ3v) is 6.85. The number of nitrogens with two attached hydrogens (primary N) is 1. The monoisotopic (exact) mass is 519 g/mol. The number of primary amides is 1. The van der Waals surface area contributed by atoms with Crippen LogP contribution in [0.15, 0.2) is 30.5 Å². The molecular weight excluding hydrogens is 490 g/mol. The molecule has 7 N–H and O–H groups in total. The lowest BCUT2D eigenvalue weighted by atomic mass is 9.95. The first kappa shape index (κ1) is 27.0. The average molecular weight is 520 g/mol.